The Morgan fingerprint density at radius 1 is 0.429 bits per heavy atom. The van der Waals surface area contributed by atoms with Gasteiger partial charge in [0, 0.05) is 33.7 Å². The van der Waals surface area contributed by atoms with Crippen LogP contribution in [0.5, 0.6) is 0 Å². The molecule has 0 N–H and O–H groups in total. The normalized spacial score (nSPS) is 19.9. The first-order chi connectivity index (χ1) is 24.2. The minimum Gasteiger partial charge on any atom is -0.274 e. The summed E-state index contributed by atoms with van der Waals surface area (Å²) in [6.07, 6.45) is 0. The molecular formula is C44H31N3O2. The van der Waals surface area contributed by atoms with Gasteiger partial charge in [-0.2, -0.15) is 0 Å². The fourth-order valence-electron chi connectivity index (χ4n) is 8.12. The van der Waals surface area contributed by atoms with Crippen LogP contribution in [0.3, 0.4) is 0 Å². The van der Waals surface area contributed by atoms with E-state index in [0.717, 1.165) is 55.5 Å². The monoisotopic (exact) mass is 633 g/mol. The van der Waals surface area contributed by atoms with E-state index in [1.807, 2.05) is 103 Å². The molecule has 1 fully saturated rings. The number of rotatable bonds is 5. The van der Waals surface area contributed by atoms with E-state index in [-0.39, 0.29) is 23.7 Å². The summed E-state index contributed by atoms with van der Waals surface area (Å²) < 4.78 is 0. The smallest absolute Gasteiger partial charge is 0.238 e. The molecule has 9 rings (SSSR count). The SMILES string of the molecule is O=C1C2C(c3ccccc3)c3cc4c(-c5ccccc5)nnc(-c5ccccc5)c4cc3C(c3ccccc3)C2C(=O)N1c1ccccc1. The van der Waals surface area contributed by atoms with Gasteiger partial charge in [0.05, 0.1) is 17.5 Å². The van der Waals surface area contributed by atoms with Gasteiger partial charge in [0.25, 0.3) is 0 Å². The van der Waals surface area contributed by atoms with Crippen LogP contribution in [0.25, 0.3) is 33.3 Å². The highest BCUT2D eigenvalue weighted by atomic mass is 16.2. The summed E-state index contributed by atoms with van der Waals surface area (Å²) >= 11 is 0. The average Bonchev–Trinajstić information content (AvgIpc) is 3.43. The molecule has 1 aliphatic heterocycles. The van der Waals surface area contributed by atoms with Gasteiger partial charge in [-0.3, -0.25) is 9.59 Å². The van der Waals surface area contributed by atoms with E-state index in [4.69, 9.17) is 10.2 Å². The van der Waals surface area contributed by atoms with E-state index in [9.17, 15) is 9.59 Å². The number of hydrogen-bond donors (Lipinski definition) is 0. The lowest BCUT2D eigenvalue weighted by atomic mass is 9.61. The van der Waals surface area contributed by atoms with Gasteiger partial charge in [-0.05, 0) is 46.5 Å². The molecule has 0 saturated carbocycles. The molecule has 2 heterocycles. The molecule has 0 spiro atoms. The number of hydrogen-bond acceptors (Lipinski definition) is 4. The molecule has 5 heteroatoms. The molecule has 7 aromatic rings. The molecule has 1 aliphatic carbocycles. The van der Waals surface area contributed by atoms with Crippen molar-refractivity contribution in [3.63, 3.8) is 0 Å². The van der Waals surface area contributed by atoms with E-state index < -0.39 is 11.8 Å². The standard InChI is InChI=1S/C44H31N3O2/c48-43-39-37(28-16-6-1-7-17-28)33-26-35-36(42(31-22-12-4-13-23-31)46-45-41(35)30-20-10-3-11-21-30)27-34(33)38(29-18-8-2-9-19-29)40(39)44(49)47(43)32-24-14-5-15-25-32/h1-27,37-40H. The van der Waals surface area contributed by atoms with Crippen LogP contribution in [0.4, 0.5) is 5.69 Å². The van der Waals surface area contributed by atoms with Crippen molar-refractivity contribution in [1.29, 1.82) is 0 Å². The quantitative estimate of drug-likeness (QED) is 0.178. The third-order valence-electron chi connectivity index (χ3n) is 10.2. The average molecular weight is 634 g/mol. The summed E-state index contributed by atoms with van der Waals surface area (Å²) in [6, 6.07) is 54.4. The second kappa shape index (κ2) is 11.8. The molecular weight excluding hydrogens is 603 g/mol. The predicted molar refractivity (Wildman–Crippen MR) is 193 cm³/mol. The Morgan fingerprint density at radius 2 is 0.776 bits per heavy atom. The van der Waals surface area contributed by atoms with Crippen LogP contribution >= 0.6 is 0 Å². The van der Waals surface area contributed by atoms with Crippen molar-refractivity contribution in [2.45, 2.75) is 11.8 Å². The Labute approximate surface area is 284 Å². The van der Waals surface area contributed by atoms with Crippen LogP contribution in [0, 0.1) is 11.8 Å². The predicted octanol–water partition coefficient (Wildman–Crippen LogP) is 9.05. The first-order valence-electron chi connectivity index (χ1n) is 16.7. The van der Waals surface area contributed by atoms with Gasteiger partial charge in [0.2, 0.25) is 11.8 Å². The van der Waals surface area contributed by atoms with Crippen LogP contribution in [-0.4, -0.2) is 22.0 Å². The molecule has 4 unspecified atom stereocenters. The zero-order chi connectivity index (χ0) is 32.9. The van der Waals surface area contributed by atoms with Crippen molar-refractivity contribution in [3.8, 4) is 22.5 Å². The van der Waals surface area contributed by atoms with Crippen LogP contribution < -0.4 is 4.90 Å². The minimum atomic E-state index is -0.603. The third-order valence-corrected chi connectivity index (χ3v) is 10.2. The van der Waals surface area contributed by atoms with E-state index in [1.54, 1.807) is 0 Å². The number of benzene rings is 6. The van der Waals surface area contributed by atoms with E-state index in [1.165, 1.54) is 4.90 Å². The number of para-hydroxylation sites is 1. The molecule has 4 atom stereocenters. The molecule has 5 nitrogen and oxygen atoms in total. The summed E-state index contributed by atoms with van der Waals surface area (Å²) in [7, 11) is 0. The number of carbonyl (C=O) groups excluding carboxylic acids is 2. The largest absolute Gasteiger partial charge is 0.274 e. The maximum atomic E-state index is 14.8. The fourth-order valence-corrected chi connectivity index (χ4v) is 8.12. The zero-order valence-electron chi connectivity index (χ0n) is 26.6. The van der Waals surface area contributed by atoms with Crippen molar-refractivity contribution in [1.82, 2.24) is 10.2 Å². The van der Waals surface area contributed by atoms with E-state index in [2.05, 4.69) is 60.7 Å². The van der Waals surface area contributed by atoms with Gasteiger partial charge in [-0.25, -0.2) is 4.90 Å². The summed E-state index contributed by atoms with van der Waals surface area (Å²) in [6.45, 7) is 0. The Kier molecular flexibility index (Phi) is 6.98. The van der Waals surface area contributed by atoms with E-state index in [0.29, 0.717) is 5.69 Å². The number of imide groups is 1. The topological polar surface area (TPSA) is 63.2 Å². The van der Waals surface area contributed by atoms with Crippen LogP contribution in [0.1, 0.15) is 34.1 Å². The molecule has 1 aromatic heterocycles. The first kappa shape index (κ1) is 29.0. The molecule has 6 aromatic carbocycles. The Balaban J connectivity index is 1.39. The van der Waals surface area contributed by atoms with Gasteiger partial charge < -0.3 is 0 Å². The maximum absolute atomic E-state index is 14.8. The summed E-state index contributed by atoms with van der Waals surface area (Å²) in [5, 5.41) is 11.6. The van der Waals surface area contributed by atoms with Gasteiger partial charge >= 0.3 is 0 Å². The number of aromatic nitrogens is 2. The second-order valence-electron chi connectivity index (χ2n) is 12.8. The van der Waals surface area contributed by atoms with Gasteiger partial charge in [0.15, 0.2) is 0 Å². The number of fused-ring (bicyclic) bond motifs is 3. The van der Waals surface area contributed by atoms with Crippen molar-refractivity contribution >= 4 is 28.3 Å². The van der Waals surface area contributed by atoms with Crippen molar-refractivity contribution < 1.29 is 9.59 Å². The Morgan fingerprint density at radius 3 is 1.16 bits per heavy atom. The molecule has 2 amide bonds. The van der Waals surface area contributed by atoms with Crippen molar-refractivity contribution in [2.75, 3.05) is 4.90 Å². The van der Waals surface area contributed by atoms with Crippen LogP contribution in [0.15, 0.2) is 164 Å². The summed E-state index contributed by atoms with van der Waals surface area (Å²) in [5.41, 5.74) is 8.18. The number of carbonyl (C=O) groups is 2. The lowest BCUT2D eigenvalue weighted by Gasteiger charge is -2.39. The molecule has 0 radical (unpaired) electrons. The van der Waals surface area contributed by atoms with Crippen LogP contribution in [0.2, 0.25) is 0 Å². The van der Waals surface area contributed by atoms with Gasteiger partial charge in [-0.1, -0.05) is 140 Å². The molecule has 49 heavy (non-hydrogen) atoms. The van der Waals surface area contributed by atoms with Gasteiger partial charge in [0.1, 0.15) is 11.4 Å². The summed E-state index contributed by atoms with van der Waals surface area (Å²) in [5.74, 6) is -2.24. The lowest BCUT2D eigenvalue weighted by molar-refractivity contribution is -0.122. The maximum Gasteiger partial charge on any atom is 0.238 e. The zero-order valence-corrected chi connectivity index (χ0v) is 26.6. The number of nitrogens with zero attached hydrogens (tertiary/aromatic N) is 3. The van der Waals surface area contributed by atoms with E-state index >= 15 is 0 Å². The third kappa shape index (κ3) is 4.69. The number of amides is 2. The highest BCUT2D eigenvalue weighted by Crippen LogP contribution is 2.57. The molecule has 234 valence electrons. The fraction of sp³-hybridized carbons (Fsp3) is 0.0909. The highest BCUT2D eigenvalue weighted by molar-refractivity contribution is 6.23. The summed E-state index contributed by atoms with van der Waals surface area (Å²) in [4.78, 5) is 31.0. The molecule has 1 saturated heterocycles. The van der Waals surface area contributed by atoms with Crippen molar-refractivity contribution in [2.24, 2.45) is 11.8 Å². The molecule has 2 aliphatic rings. The number of anilines is 1. The van der Waals surface area contributed by atoms with Crippen molar-refractivity contribution in [3.05, 3.63) is 186 Å². The lowest BCUT2D eigenvalue weighted by Crippen LogP contribution is -2.36. The highest BCUT2D eigenvalue weighted by Gasteiger charge is 2.58. The van der Waals surface area contributed by atoms with Gasteiger partial charge in [-0.15, -0.1) is 10.2 Å². The first-order valence-corrected chi connectivity index (χ1v) is 16.7. The Bertz CT molecular complexity index is 2180. The Hall–Kier alpha value is -6.20. The van der Waals surface area contributed by atoms with Crippen LogP contribution in [-0.2, 0) is 9.59 Å². The minimum absolute atomic E-state index is 0.164. The molecule has 0 bridgehead atoms. The second-order valence-corrected chi connectivity index (χ2v) is 12.8.